The summed E-state index contributed by atoms with van der Waals surface area (Å²) in [6.45, 7) is 1.35. The summed E-state index contributed by atoms with van der Waals surface area (Å²) in [5.41, 5.74) is 4.13. The van der Waals surface area contributed by atoms with Gasteiger partial charge in [-0.15, -0.1) is 0 Å². The molecule has 0 aliphatic rings. The Kier molecular flexibility index (Phi) is 9.12. The minimum Gasteiger partial charge on any atom is -0.493 e. The molecule has 5 nitrogen and oxygen atoms in total. The number of benzene rings is 4. The number of hydrogen-bond donors (Lipinski definition) is 1. The fraction of sp³-hybridized carbons (Fsp3) is 0.194. The van der Waals surface area contributed by atoms with Crippen molar-refractivity contribution in [2.75, 3.05) is 6.61 Å². The second-order valence-electron chi connectivity index (χ2n) is 8.49. The molecule has 0 aliphatic heterocycles. The quantitative estimate of drug-likeness (QED) is 0.249. The number of carboxylic acid groups (broad SMARTS) is 1. The highest BCUT2D eigenvalue weighted by atomic mass is 16.5. The molecule has 0 saturated heterocycles. The number of carbonyl (C=O) groups is 1. The lowest BCUT2D eigenvalue weighted by atomic mass is 10.1. The third-order valence-electron chi connectivity index (χ3n) is 5.75. The van der Waals surface area contributed by atoms with Gasteiger partial charge in [-0.1, -0.05) is 84.9 Å². The number of carboxylic acids is 1. The highest BCUT2D eigenvalue weighted by Crippen LogP contribution is 2.17. The third-order valence-corrected chi connectivity index (χ3v) is 5.75. The van der Waals surface area contributed by atoms with Gasteiger partial charge in [-0.05, 0) is 46.5 Å². The van der Waals surface area contributed by atoms with Crippen molar-refractivity contribution in [2.45, 2.75) is 32.2 Å². The number of rotatable bonds is 13. The highest BCUT2D eigenvalue weighted by molar-refractivity contribution is 5.72. The number of hydrogen-bond acceptors (Lipinski definition) is 4. The molecule has 0 aliphatic carbocycles. The van der Waals surface area contributed by atoms with Crippen LogP contribution in [0.3, 0.4) is 0 Å². The summed E-state index contributed by atoms with van der Waals surface area (Å²) in [6.07, 6.45) is 0.160. The zero-order valence-corrected chi connectivity index (χ0v) is 20.1. The molecule has 0 aromatic heterocycles. The molecule has 4 aromatic carbocycles. The first-order valence-corrected chi connectivity index (χ1v) is 12.0. The van der Waals surface area contributed by atoms with Gasteiger partial charge in [-0.25, -0.2) is 4.79 Å². The third kappa shape index (κ3) is 8.00. The van der Waals surface area contributed by atoms with Crippen molar-refractivity contribution >= 4 is 5.97 Å². The minimum atomic E-state index is -0.970. The molecule has 0 spiro atoms. The van der Waals surface area contributed by atoms with Crippen LogP contribution in [0.2, 0.25) is 0 Å². The van der Waals surface area contributed by atoms with Crippen molar-refractivity contribution in [3.8, 4) is 11.5 Å². The second kappa shape index (κ2) is 13.1. The Balaban J connectivity index is 1.20. The van der Waals surface area contributed by atoms with Crippen LogP contribution in [0.15, 0.2) is 109 Å². The lowest BCUT2D eigenvalue weighted by molar-refractivity contribution is -0.151. The summed E-state index contributed by atoms with van der Waals surface area (Å²) in [7, 11) is 0. The van der Waals surface area contributed by atoms with E-state index < -0.39 is 12.1 Å². The fourth-order valence-corrected chi connectivity index (χ4v) is 3.70. The van der Waals surface area contributed by atoms with Crippen molar-refractivity contribution in [3.63, 3.8) is 0 Å². The van der Waals surface area contributed by atoms with Crippen LogP contribution in [0.4, 0.5) is 0 Å². The van der Waals surface area contributed by atoms with Crippen molar-refractivity contribution in [2.24, 2.45) is 0 Å². The van der Waals surface area contributed by atoms with Gasteiger partial charge in [0.15, 0.2) is 6.10 Å². The largest absolute Gasteiger partial charge is 0.493 e. The molecule has 0 heterocycles. The van der Waals surface area contributed by atoms with E-state index in [0.717, 1.165) is 34.6 Å². The molecule has 1 atom stereocenters. The molecule has 1 unspecified atom stereocenters. The zero-order chi connectivity index (χ0) is 25.0. The van der Waals surface area contributed by atoms with Gasteiger partial charge in [-0.3, -0.25) is 0 Å². The van der Waals surface area contributed by atoms with Crippen LogP contribution in [0.5, 0.6) is 11.5 Å². The van der Waals surface area contributed by atoms with Crippen molar-refractivity contribution in [3.05, 3.63) is 131 Å². The molecule has 0 saturated carbocycles. The van der Waals surface area contributed by atoms with E-state index in [-0.39, 0.29) is 6.61 Å². The van der Waals surface area contributed by atoms with Crippen LogP contribution >= 0.6 is 0 Å². The Bertz CT molecular complexity index is 1190. The maximum atomic E-state index is 11.6. The van der Waals surface area contributed by atoms with Crippen LogP contribution in [-0.2, 0) is 35.6 Å². The maximum absolute atomic E-state index is 11.6. The van der Waals surface area contributed by atoms with Gasteiger partial charge in [0.25, 0.3) is 0 Å². The van der Waals surface area contributed by atoms with Gasteiger partial charge in [0.1, 0.15) is 18.1 Å². The van der Waals surface area contributed by atoms with Crippen LogP contribution in [-0.4, -0.2) is 23.8 Å². The molecule has 0 fully saturated rings. The lowest BCUT2D eigenvalue weighted by Crippen LogP contribution is -2.26. The molecular weight excluding hydrogens is 452 g/mol. The predicted molar refractivity (Wildman–Crippen MR) is 139 cm³/mol. The topological polar surface area (TPSA) is 65.0 Å². The van der Waals surface area contributed by atoms with E-state index in [0.29, 0.717) is 19.6 Å². The van der Waals surface area contributed by atoms with Gasteiger partial charge in [0, 0.05) is 12.8 Å². The predicted octanol–water partition coefficient (Wildman–Crippen LogP) is 6.10. The average molecular weight is 483 g/mol. The molecule has 4 rings (SSSR count). The summed E-state index contributed by atoms with van der Waals surface area (Å²) in [5.74, 6) is 0.618. The second-order valence-corrected chi connectivity index (χ2v) is 8.49. The van der Waals surface area contributed by atoms with E-state index in [1.165, 1.54) is 5.56 Å². The standard InChI is InChI=1S/C31H30O5/c32-31(33)30(36-23-27-9-5-2-6-10-27)21-25-13-17-28(18-14-25)34-20-19-24-11-15-29(16-12-24)35-22-26-7-3-1-4-8-26/h1-18,30H,19-23H2,(H,32,33). The van der Waals surface area contributed by atoms with Gasteiger partial charge >= 0.3 is 5.97 Å². The molecule has 0 amide bonds. The Morgan fingerprint density at radius 1 is 0.611 bits per heavy atom. The molecule has 36 heavy (non-hydrogen) atoms. The SMILES string of the molecule is O=C(O)C(Cc1ccc(OCCc2ccc(OCc3ccccc3)cc2)cc1)OCc1ccccc1. The van der Waals surface area contributed by atoms with E-state index in [1.807, 2.05) is 109 Å². The van der Waals surface area contributed by atoms with Crippen LogP contribution in [0, 0.1) is 0 Å². The van der Waals surface area contributed by atoms with Crippen LogP contribution < -0.4 is 9.47 Å². The summed E-state index contributed by atoms with van der Waals surface area (Å²) < 4.78 is 17.4. The molecular formula is C31H30O5. The van der Waals surface area contributed by atoms with Gasteiger partial charge in [0.2, 0.25) is 0 Å². The van der Waals surface area contributed by atoms with Gasteiger partial charge in [-0.2, -0.15) is 0 Å². The molecule has 1 N–H and O–H groups in total. The van der Waals surface area contributed by atoms with Crippen LogP contribution in [0.25, 0.3) is 0 Å². The van der Waals surface area contributed by atoms with Crippen molar-refractivity contribution in [1.29, 1.82) is 0 Å². The molecule has 5 heteroatoms. The molecule has 4 aromatic rings. The number of ether oxygens (including phenoxy) is 3. The zero-order valence-electron chi connectivity index (χ0n) is 20.1. The molecule has 0 bridgehead atoms. The average Bonchev–Trinajstić information content (AvgIpc) is 2.92. The molecule has 184 valence electrons. The van der Waals surface area contributed by atoms with Crippen molar-refractivity contribution in [1.82, 2.24) is 0 Å². The monoisotopic (exact) mass is 482 g/mol. The fourth-order valence-electron chi connectivity index (χ4n) is 3.70. The number of aliphatic carboxylic acids is 1. The Morgan fingerprint density at radius 2 is 1.14 bits per heavy atom. The summed E-state index contributed by atoms with van der Waals surface area (Å²) >= 11 is 0. The van der Waals surface area contributed by atoms with E-state index in [2.05, 4.69) is 0 Å². The van der Waals surface area contributed by atoms with E-state index in [4.69, 9.17) is 14.2 Å². The van der Waals surface area contributed by atoms with Crippen molar-refractivity contribution < 1.29 is 24.1 Å². The highest BCUT2D eigenvalue weighted by Gasteiger charge is 2.19. The first kappa shape index (κ1) is 25.0. The maximum Gasteiger partial charge on any atom is 0.333 e. The first-order chi connectivity index (χ1) is 17.7. The minimum absolute atomic E-state index is 0.263. The molecule has 0 radical (unpaired) electrons. The summed E-state index contributed by atoms with van der Waals surface area (Å²) in [5, 5.41) is 9.53. The van der Waals surface area contributed by atoms with E-state index in [1.54, 1.807) is 0 Å². The Morgan fingerprint density at radius 3 is 1.72 bits per heavy atom. The van der Waals surface area contributed by atoms with Crippen LogP contribution in [0.1, 0.15) is 22.3 Å². The van der Waals surface area contributed by atoms with Gasteiger partial charge in [0.05, 0.1) is 13.2 Å². The normalized spacial score (nSPS) is 11.6. The Labute approximate surface area is 211 Å². The lowest BCUT2D eigenvalue weighted by Gasteiger charge is -2.14. The first-order valence-electron chi connectivity index (χ1n) is 12.0. The smallest absolute Gasteiger partial charge is 0.333 e. The van der Waals surface area contributed by atoms with E-state index in [9.17, 15) is 9.90 Å². The van der Waals surface area contributed by atoms with E-state index >= 15 is 0 Å². The Hall–Kier alpha value is -4.09. The van der Waals surface area contributed by atoms with Gasteiger partial charge < -0.3 is 19.3 Å². The summed E-state index contributed by atoms with van der Waals surface area (Å²) in [4.78, 5) is 11.6. The summed E-state index contributed by atoms with van der Waals surface area (Å²) in [6, 6.07) is 35.2.